The van der Waals surface area contributed by atoms with Crippen molar-refractivity contribution in [1.82, 2.24) is 10.2 Å². The van der Waals surface area contributed by atoms with Crippen LogP contribution >= 0.6 is 0 Å². The van der Waals surface area contributed by atoms with Crippen molar-refractivity contribution < 1.29 is 9.18 Å². The molecule has 1 amide bonds. The molecular weight excluding hydrogens is 231 g/mol. The van der Waals surface area contributed by atoms with E-state index in [-0.39, 0.29) is 11.7 Å². The normalized spacial score (nSPS) is 11.1. The second-order valence-corrected chi connectivity index (χ2v) is 4.79. The maximum Gasteiger partial charge on any atom is 0.251 e. The van der Waals surface area contributed by atoms with E-state index in [4.69, 9.17) is 0 Å². The summed E-state index contributed by atoms with van der Waals surface area (Å²) in [5, 5.41) is 2.83. The molecule has 0 heterocycles. The third-order valence-corrected chi connectivity index (χ3v) is 3.05. The average Bonchev–Trinajstić information content (AvgIpc) is 2.32. The van der Waals surface area contributed by atoms with E-state index in [0.29, 0.717) is 23.7 Å². The molecule has 0 aliphatic carbocycles. The van der Waals surface area contributed by atoms with Crippen molar-refractivity contribution in [3.05, 3.63) is 35.1 Å². The third kappa shape index (κ3) is 4.11. The lowest BCUT2D eigenvalue weighted by atomic mass is 10.1. The highest BCUT2D eigenvalue weighted by molar-refractivity contribution is 5.94. The molecule has 3 nitrogen and oxygen atoms in total. The summed E-state index contributed by atoms with van der Waals surface area (Å²) in [5.41, 5.74) is 0.989. The fourth-order valence-electron chi connectivity index (χ4n) is 1.49. The lowest BCUT2D eigenvalue weighted by Crippen LogP contribution is -2.36. The summed E-state index contributed by atoms with van der Waals surface area (Å²) in [5.74, 6) is -0.443. The summed E-state index contributed by atoms with van der Waals surface area (Å²) >= 11 is 0. The Morgan fingerprint density at radius 1 is 1.44 bits per heavy atom. The molecule has 100 valence electrons. The van der Waals surface area contributed by atoms with Crippen LogP contribution < -0.4 is 5.32 Å². The standard InChI is InChI=1S/C14H21FN2O/c1-10(2)17(4)8-7-16-14(18)12-5-6-13(15)11(3)9-12/h5-6,9-10H,7-8H2,1-4H3,(H,16,18). The van der Waals surface area contributed by atoms with Gasteiger partial charge in [-0.25, -0.2) is 4.39 Å². The topological polar surface area (TPSA) is 32.3 Å². The zero-order valence-electron chi connectivity index (χ0n) is 11.5. The van der Waals surface area contributed by atoms with E-state index in [2.05, 4.69) is 24.1 Å². The molecule has 0 unspecified atom stereocenters. The minimum Gasteiger partial charge on any atom is -0.351 e. The Labute approximate surface area is 108 Å². The van der Waals surface area contributed by atoms with Crippen LogP contribution in [0.3, 0.4) is 0 Å². The number of likely N-dealkylation sites (N-methyl/N-ethyl adjacent to an activating group) is 1. The van der Waals surface area contributed by atoms with Crippen molar-refractivity contribution in [3.63, 3.8) is 0 Å². The van der Waals surface area contributed by atoms with Gasteiger partial charge in [-0.3, -0.25) is 4.79 Å². The molecule has 0 saturated heterocycles. The van der Waals surface area contributed by atoms with Crippen molar-refractivity contribution in [3.8, 4) is 0 Å². The summed E-state index contributed by atoms with van der Waals surface area (Å²) < 4.78 is 13.1. The van der Waals surface area contributed by atoms with E-state index < -0.39 is 0 Å². The summed E-state index contributed by atoms with van der Waals surface area (Å²) in [6.45, 7) is 7.24. The highest BCUT2D eigenvalue weighted by atomic mass is 19.1. The van der Waals surface area contributed by atoms with Crippen LogP contribution in [0.25, 0.3) is 0 Å². The number of nitrogens with zero attached hydrogens (tertiary/aromatic N) is 1. The largest absolute Gasteiger partial charge is 0.351 e. The predicted molar refractivity (Wildman–Crippen MR) is 71.2 cm³/mol. The van der Waals surface area contributed by atoms with Crippen LogP contribution in [-0.4, -0.2) is 37.0 Å². The van der Waals surface area contributed by atoms with Crippen molar-refractivity contribution >= 4 is 5.91 Å². The molecule has 0 atom stereocenters. The highest BCUT2D eigenvalue weighted by Crippen LogP contribution is 2.08. The molecule has 0 aromatic heterocycles. The van der Waals surface area contributed by atoms with Crippen LogP contribution in [0, 0.1) is 12.7 Å². The maximum absolute atomic E-state index is 13.1. The van der Waals surface area contributed by atoms with Crippen LogP contribution in [-0.2, 0) is 0 Å². The second-order valence-electron chi connectivity index (χ2n) is 4.79. The zero-order valence-corrected chi connectivity index (χ0v) is 11.5. The van der Waals surface area contributed by atoms with Gasteiger partial charge in [0.2, 0.25) is 0 Å². The molecule has 0 bridgehead atoms. The molecule has 0 radical (unpaired) electrons. The average molecular weight is 252 g/mol. The van der Waals surface area contributed by atoms with Gasteiger partial charge >= 0.3 is 0 Å². The first-order valence-corrected chi connectivity index (χ1v) is 6.16. The van der Waals surface area contributed by atoms with Gasteiger partial charge in [0.05, 0.1) is 0 Å². The molecule has 0 aliphatic heterocycles. The van der Waals surface area contributed by atoms with Gasteiger partial charge in [-0.2, -0.15) is 0 Å². The first-order chi connectivity index (χ1) is 8.41. The Kier molecular flexibility index (Phi) is 5.28. The van der Waals surface area contributed by atoms with Crippen molar-refractivity contribution in [2.24, 2.45) is 0 Å². The highest BCUT2D eigenvalue weighted by Gasteiger charge is 2.08. The summed E-state index contributed by atoms with van der Waals surface area (Å²) in [6.07, 6.45) is 0. The van der Waals surface area contributed by atoms with Gasteiger partial charge in [0.15, 0.2) is 0 Å². The number of benzene rings is 1. The monoisotopic (exact) mass is 252 g/mol. The lowest BCUT2D eigenvalue weighted by Gasteiger charge is -2.20. The van der Waals surface area contributed by atoms with Gasteiger partial charge in [-0.05, 0) is 51.6 Å². The van der Waals surface area contributed by atoms with Crippen LogP contribution in [0.2, 0.25) is 0 Å². The third-order valence-electron chi connectivity index (χ3n) is 3.05. The number of amides is 1. The fraction of sp³-hybridized carbons (Fsp3) is 0.500. The van der Waals surface area contributed by atoms with Crippen LogP contribution in [0.4, 0.5) is 4.39 Å². The number of hydrogen-bond donors (Lipinski definition) is 1. The number of aryl methyl sites for hydroxylation is 1. The molecule has 1 N–H and O–H groups in total. The molecule has 0 saturated carbocycles. The summed E-state index contributed by atoms with van der Waals surface area (Å²) in [6, 6.07) is 4.85. The predicted octanol–water partition coefficient (Wildman–Crippen LogP) is 2.20. The number of rotatable bonds is 5. The fourth-order valence-corrected chi connectivity index (χ4v) is 1.49. The van der Waals surface area contributed by atoms with Crippen molar-refractivity contribution in [1.29, 1.82) is 0 Å². The molecule has 1 aromatic carbocycles. The molecule has 4 heteroatoms. The lowest BCUT2D eigenvalue weighted by molar-refractivity contribution is 0.0948. The van der Waals surface area contributed by atoms with Gasteiger partial charge in [-0.15, -0.1) is 0 Å². The number of hydrogen-bond acceptors (Lipinski definition) is 2. The van der Waals surface area contributed by atoms with Crippen LogP contribution in [0.1, 0.15) is 29.8 Å². The quantitative estimate of drug-likeness (QED) is 0.871. The molecule has 18 heavy (non-hydrogen) atoms. The van der Waals surface area contributed by atoms with Gasteiger partial charge in [0, 0.05) is 24.7 Å². The SMILES string of the molecule is Cc1cc(C(=O)NCCN(C)C(C)C)ccc1F. The number of carbonyl (C=O) groups is 1. The molecule has 0 fully saturated rings. The first kappa shape index (κ1) is 14.6. The smallest absolute Gasteiger partial charge is 0.251 e. The Balaban J connectivity index is 2.48. The molecule has 1 aromatic rings. The minimum atomic E-state index is -0.286. The van der Waals surface area contributed by atoms with Crippen LogP contribution in [0.5, 0.6) is 0 Å². The van der Waals surface area contributed by atoms with E-state index in [1.807, 2.05) is 7.05 Å². The van der Waals surface area contributed by atoms with Gasteiger partial charge < -0.3 is 10.2 Å². The van der Waals surface area contributed by atoms with E-state index >= 15 is 0 Å². The molecule has 0 spiro atoms. The van der Waals surface area contributed by atoms with Crippen LogP contribution in [0.15, 0.2) is 18.2 Å². The molecule has 0 aliphatic rings. The summed E-state index contributed by atoms with van der Waals surface area (Å²) in [7, 11) is 2.01. The van der Waals surface area contributed by atoms with E-state index in [9.17, 15) is 9.18 Å². The number of nitrogens with one attached hydrogen (secondary N) is 1. The molecular formula is C14H21FN2O. The second kappa shape index (κ2) is 6.50. The maximum atomic E-state index is 13.1. The van der Waals surface area contributed by atoms with Gasteiger partial charge in [0.1, 0.15) is 5.82 Å². The Hall–Kier alpha value is -1.42. The van der Waals surface area contributed by atoms with Gasteiger partial charge in [-0.1, -0.05) is 0 Å². The van der Waals surface area contributed by atoms with E-state index in [0.717, 1.165) is 6.54 Å². The number of carbonyl (C=O) groups excluding carboxylic acids is 1. The van der Waals surface area contributed by atoms with Gasteiger partial charge in [0.25, 0.3) is 5.91 Å². The molecule has 1 rings (SSSR count). The Morgan fingerprint density at radius 2 is 2.11 bits per heavy atom. The Bertz CT molecular complexity index is 418. The zero-order chi connectivity index (χ0) is 13.7. The van der Waals surface area contributed by atoms with Crippen molar-refractivity contribution in [2.75, 3.05) is 20.1 Å². The van der Waals surface area contributed by atoms with E-state index in [1.165, 1.54) is 12.1 Å². The minimum absolute atomic E-state index is 0.157. The Morgan fingerprint density at radius 3 is 2.67 bits per heavy atom. The van der Waals surface area contributed by atoms with E-state index in [1.54, 1.807) is 13.0 Å². The van der Waals surface area contributed by atoms with Crippen molar-refractivity contribution in [2.45, 2.75) is 26.8 Å². The first-order valence-electron chi connectivity index (χ1n) is 6.16. The number of halogens is 1. The summed E-state index contributed by atoms with van der Waals surface area (Å²) in [4.78, 5) is 14.0.